The summed E-state index contributed by atoms with van der Waals surface area (Å²) in [4.78, 5) is 5.28. The topological polar surface area (TPSA) is 27.7 Å². The van der Waals surface area contributed by atoms with Gasteiger partial charge in [-0.25, -0.2) is 4.98 Å². The molecule has 1 saturated carbocycles. The summed E-state index contributed by atoms with van der Waals surface area (Å²) in [6.45, 7) is 0. The number of aromatic nitrogens is 4. The minimum Gasteiger partial charge on any atom is -0.309 e. The first-order valence-corrected chi connectivity index (χ1v) is 19.0. The van der Waals surface area contributed by atoms with Crippen LogP contribution in [0, 0.1) is 0 Å². The van der Waals surface area contributed by atoms with Crippen LogP contribution in [0.5, 0.6) is 0 Å². The molecule has 4 nitrogen and oxygen atoms in total. The van der Waals surface area contributed by atoms with E-state index in [0.29, 0.717) is 5.92 Å². The maximum Gasteiger partial charge on any atom is 0.117 e. The molecule has 0 bridgehead atoms. The van der Waals surface area contributed by atoms with Crippen molar-refractivity contribution < 1.29 is 0 Å². The fraction of sp³-hybridized carbons (Fsp3) is 0.122. The van der Waals surface area contributed by atoms with Crippen molar-refractivity contribution in [1.82, 2.24) is 18.7 Å². The first-order chi connectivity index (χ1) is 26.3. The number of benzene rings is 7. The van der Waals surface area contributed by atoms with Crippen molar-refractivity contribution in [2.75, 3.05) is 0 Å². The molecule has 0 radical (unpaired) electrons. The monoisotopic (exact) mass is 682 g/mol. The van der Waals surface area contributed by atoms with Crippen LogP contribution in [0.4, 0.5) is 0 Å². The van der Waals surface area contributed by atoms with Crippen molar-refractivity contribution in [3.63, 3.8) is 0 Å². The molecule has 0 aliphatic heterocycles. The second-order valence-corrected chi connectivity index (χ2v) is 14.7. The van der Waals surface area contributed by atoms with Crippen LogP contribution in [0.1, 0.15) is 43.8 Å². The van der Waals surface area contributed by atoms with Gasteiger partial charge in [-0.1, -0.05) is 116 Å². The van der Waals surface area contributed by atoms with Gasteiger partial charge < -0.3 is 9.13 Å². The molecule has 10 aromatic rings. The Kier molecular flexibility index (Phi) is 6.91. The van der Waals surface area contributed by atoms with Gasteiger partial charge in [0.15, 0.2) is 0 Å². The van der Waals surface area contributed by atoms with Gasteiger partial charge >= 0.3 is 0 Å². The minimum atomic E-state index is 0.473. The van der Waals surface area contributed by atoms with Gasteiger partial charge in [-0.2, -0.15) is 0 Å². The van der Waals surface area contributed by atoms with Crippen molar-refractivity contribution in [2.45, 2.75) is 38.0 Å². The summed E-state index contributed by atoms with van der Waals surface area (Å²) >= 11 is 0. The van der Waals surface area contributed by atoms with Crippen LogP contribution in [0.25, 0.3) is 82.8 Å². The molecule has 0 amide bonds. The van der Waals surface area contributed by atoms with Gasteiger partial charge in [-0.05, 0) is 90.7 Å². The smallest absolute Gasteiger partial charge is 0.117 e. The Labute approximate surface area is 308 Å². The van der Waals surface area contributed by atoms with Gasteiger partial charge in [0.2, 0.25) is 0 Å². The number of rotatable bonds is 5. The SMILES string of the molecule is c1cc(-c2cc(-n3c4ccccc4c4ccccc43)cc(-n3c4ccccc4c4ccccc43)c2)cc(-n2c(C3CCCCC3)nc3ccccc32)c1. The van der Waals surface area contributed by atoms with Crippen LogP contribution < -0.4 is 0 Å². The van der Waals surface area contributed by atoms with E-state index in [0.717, 1.165) is 22.6 Å². The van der Waals surface area contributed by atoms with Gasteiger partial charge in [0.05, 0.1) is 33.1 Å². The molecule has 7 aromatic carbocycles. The zero-order valence-electron chi connectivity index (χ0n) is 29.5. The van der Waals surface area contributed by atoms with E-state index >= 15 is 0 Å². The average Bonchev–Trinajstić information content (AvgIpc) is 3.89. The minimum absolute atomic E-state index is 0.473. The summed E-state index contributed by atoms with van der Waals surface area (Å²) in [6.07, 6.45) is 6.27. The summed E-state index contributed by atoms with van der Waals surface area (Å²) in [7, 11) is 0. The predicted molar refractivity (Wildman–Crippen MR) is 221 cm³/mol. The zero-order valence-corrected chi connectivity index (χ0v) is 29.5. The molecule has 53 heavy (non-hydrogen) atoms. The molecule has 1 fully saturated rings. The van der Waals surface area contributed by atoms with Crippen LogP contribution in [0.2, 0.25) is 0 Å². The Morgan fingerprint density at radius 3 is 1.40 bits per heavy atom. The Balaban J connectivity index is 1.18. The van der Waals surface area contributed by atoms with Gasteiger partial charge in [-0.15, -0.1) is 0 Å². The molecule has 0 N–H and O–H groups in total. The molecule has 3 aromatic heterocycles. The highest BCUT2D eigenvalue weighted by molar-refractivity contribution is 6.10. The van der Waals surface area contributed by atoms with E-state index in [1.54, 1.807) is 0 Å². The highest BCUT2D eigenvalue weighted by Crippen LogP contribution is 2.40. The Bertz CT molecular complexity index is 2760. The third kappa shape index (κ3) is 4.79. The number of imidazole rings is 1. The third-order valence-corrected chi connectivity index (χ3v) is 11.6. The lowest BCUT2D eigenvalue weighted by molar-refractivity contribution is 0.426. The third-order valence-electron chi connectivity index (χ3n) is 11.6. The van der Waals surface area contributed by atoms with Crippen molar-refractivity contribution in [2.24, 2.45) is 0 Å². The maximum atomic E-state index is 5.28. The Hall–Kier alpha value is -6.39. The van der Waals surface area contributed by atoms with Crippen LogP contribution in [0.3, 0.4) is 0 Å². The van der Waals surface area contributed by atoms with E-state index in [1.165, 1.54) is 98.2 Å². The second-order valence-electron chi connectivity index (χ2n) is 14.7. The van der Waals surface area contributed by atoms with Crippen molar-refractivity contribution in [3.05, 3.63) is 170 Å². The number of fused-ring (bicyclic) bond motifs is 7. The maximum absolute atomic E-state index is 5.28. The second kappa shape index (κ2) is 12.1. The van der Waals surface area contributed by atoms with Gasteiger partial charge in [0.25, 0.3) is 0 Å². The van der Waals surface area contributed by atoms with E-state index in [4.69, 9.17) is 4.98 Å². The summed E-state index contributed by atoms with van der Waals surface area (Å²) in [5.74, 6) is 1.67. The van der Waals surface area contributed by atoms with Gasteiger partial charge in [-0.3, -0.25) is 4.57 Å². The van der Waals surface area contributed by atoms with Crippen LogP contribution in [0.15, 0.2) is 164 Å². The van der Waals surface area contributed by atoms with Gasteiger partial charge in [0.1, 0.15) is 5.82 Å². The Morgan fingerprint density at radius 1 is 0.377 bits per heavy atom. The van der Waals surface area contributed by atoms with E-state index < -0.39 is 0 Å². The quantitative estimate of drug-likeness (QED) is 0.178. The van der Waals surface area contributed by atoms with Crippen molar-refractivity contribution in [1.29, 1.82) is 0 Å². The first-order valence-electron chi connectivity index (χ1n) is 19.0. The first kappa shape index (κ1) is 30.3. The summed E-state index contributed by atoms with van der Waals surface area (Å²) in [6, 6.07) is 60.0. The summed E-state index contributed by atoms with van der Waals surface area (Å²) in [5, 5.41) is 5.04. The summed E-state index contributed by atoms with van der Waals surface area (Å²) < 4.78 is 7.33. The van der Waals surface area contributed by atoms with E-state index in [9.17, 15) is 0 Å². The normalized spacial score (nSPS) is 14.0. The van der Waals surface area contributed by atoms with Crippen LogP contribution >= 0.6 is 0 Å². The molecule has 3 heterocycles. The van der Waals surface area contributed by atoms with Crippen molar-refractivity contribution >= 4 is 54.6 Å². The number of para-hydroxylation sites is 6. The molecule has 4 heteroatoms. The fourth-order valence-corrected chi connectivity index (χ4v) is 9.20. The lowest BCUT2D eigenvalue weighted by atomic mass is 9.88. The zero-order chi connectivity index (χ0) is 34.9. The largest absolute Gasteiger partial charge is 0.309 e. The predicted octanol–water partition coefficient (Wildman–Crippen LogP) is 12.9. The Morgan fingerprint density at radius 2 is 0.849 bits per heavy atom. The molecule has 1 aliphatic rings. The highest BCUT2D eigenvalue weighted by atomic mass is 15.1. The molecule has 0 spiro atoms. The van der Waals surface area contributed by atoms with E-state index in [2.05, 4.69) is 177 Å². The fourth-order valence-electron chi connectivity index (χ4n) is 9.20. The molecular formula is C49H38N4. The van der Waals surface area contributed by atoms with Crippen LogP contribution in [-0.4, -0.2) is 18.7 Å². The van der Waals surface area contributed by atoms with E-state index in [1.807, 2.05) is 0 Å². The lowest BCUT2D eigenvalue weighted by Gasteiger charge is -2.22. The number of hydrogen-bond acceptors (Lipinski definition) is 1. The van der Waals surface area contributed by atoms with Crippen LogP contribution in [-0.2, 0) is 0 Å². The lowest BCUT2D eigenvalue weighted by Crippen LogP contribution is -2.11. The van der Waals surface area contributed by atoms with Gasteiger partial charge in [0, 0.05) is 44.5 Å². The highest BCUT2D eigenvalue weighted by Gasteiger charge is 2.24. The average molecular weight is 683 g/mol. The molecule has 11 rings (SSSR count). The number of nitrogens with zero attached hydrogens (tertiary/aromatic N) is 4. The molecule has 254 valence electrons. The van der Waals surface area contributed by atoms with E-state index in [-0.39, 0.29) is 0 Å². The standard InChI is InChI=1S/C49H38N4/c1-2-15-33(16-3-1)49-50-43-23-8-13-28-48(43)53(49)36-18-14-17-34(29-36)35-30-37(51-44-24-9-4-19-39(44)40-20-5-10-25-45(40)51)32-38(31-35)52-46-26-11-6-21-41(46)42-22-7-12-27-47(42)52/h4-14,17-33H,1-3,15-16H2. The molecule has 0 atom stereocenters. The molecule has 0 unspecified atom stereocenters. The van der Waals surface area contributed by atoms with Crippen molar-refractivity contribution in [3.8, 4) is 28.2 Å². The summed E-state index contributed by atoms with van der Waals surface area (Å²) in [5.41, 5.74) is 12.9. The molecule has 1 aliphatic carbocycles. The molecular weight excluding hydrogens is 645 g/mol. The number of hydrogen-bond donors (Lipinski definition) is 0. The molecule has 0 saturated heterocycles.